The monoisotopic (exact) mass is 411 g/mol. The average Bonchev–Trinajstić information content (AvgIpc) is 3.32. The van der Waals surface area contributed by atoms with Crippen LogP contribution in [0.5, 0.6) is 5.75 Å². The zero-order chi connectivity index (χ0) is 19.3. The number of ether oxygens (including phenoxy) is 2. The second-order valence-corrected chi connectivity index (χ2v) is 8.42. The maximum atomic E-state index is 12.9. The SMILES string of the molecule is O=C1/C(=C/c2ccccc2OCc2ccccc2)SC(=S)N1C[C@@H]1CCCO1. The van der Waals surface area contributed by atoms with Gasteiger partial charge in [-0.15, -0.1) is 0 Å². The van der Waals surface area contributed by atoms with Gasteiger partial charge in [-0.1, -0.05) is 72.5 Å². The Morgan fingerprint density at radius 2 is 1.96 bits per heavy atom. The molecule has 1 amide bonds. The molecular weight excluding hydrogens is 390 g/mol. The van der Waals surface area contributed by atoms with Gasteiger partial charge in [0.05, 0.1) is 17.6 Å². The van der Waals surface area contributed by atoms with E-state index in [1.165, 1.54) is 11.8 Å². The van der Waals surface area contributed by atoms with Crippen LogP contribution in [-0.2, 0) is 16.1 Å². The summed E-state index contributed by atoms with van der Waals surface area (Å²) in [4.78, 5) is 15.1. The standard InChI is InChI=1S/C22H21NO3S2/c24-21-20(28-22(27)23(21)14-18-10-6-12-25-18)13-17-9-4-5-11-19(17)26-15-16-7-2-1-3-8-16/h1-5,7-9,11,13,18H,6,10,12,14-15H2/b20-13-/t18-/m0/s1. The van der Waals surface area contributed by atoms with Gasteiger partial charge in [-0.3, -0.25) is 9.69 Å². The molecule has 0 saturated carbocycles. The van der Waals surface area contributed by atoms with E-state index in [0.29, 0.717) is 22.4 Å². The molecule has 0 unspecified atom stereocenters. The lowest BCUT2D eigenvalue weighted by Crippen LogP contribution is -2.35. The highest BCUT2D eigenvalue weighted by molar-refractivity contribution is 8.26. The minimum atomic E-state index is -0.0524. The molecule has 28 heavy (non-hydrogen) atoms. The van der Waals surface area contributed by atoms with Gasteiger partial charge >= 0.3 is 0 Å². The van der Waals surface area contributed by atoms with Crippen molar-refractivity contribution in [3.05, 3.63) is 70.6 Å². The second-order valence-electron chi connectivity index (χ2n) is 6.74. The Morgan fingerprint density at radius 3 is 2.75 bits per heavy atom. The van der Waals surface area contributed by atoms with Gasteiger partial charge in [0.2, 0.25) is 0 Å². The number of carbonyl (C=O) groups excluding carboxylic acids is 1. The smallest absolute Gasteiger partial charge is 0.266 e. The average molecular weight is 412 g/mol. The van der Waals surface area contributed by atoms with E-state index in [2.05, 4.69) is 0 Å². The molecule has 2 aromatic rings. The molecule has 144 valence electrons. The molecule has 2 saturated heterocycles. The van der Waals surface area contributed by atoms with E-state index < -0.39 is 0 Å². The van der Waals surface area contributed by atoms with Crippen molar-refractivity contribution in [3.8, 4) is 5.75 Å². The Balaban J connectivity index is 1.49. The molecule has 0 N–H and O–H groups in total. The lowest BCUT2D eigenvalue weighted by Gasteiger charge is -2.18. The summed E-state index contributed by atoms with van der Waals surface area (Å²) in [6.07, 6.45) is 3.98. The molecule has 0 aromatic heterocycles. The van der Waals surface area contributed by atoms with Crippen LogP contribution in [0.25, 0.3) is 6.08 Å². The Bertz CT molecular complexity index is 892. The molecule has 2 fully saturated rings. The zero-order valence-corrected chi connectivity index (χ0v) is 17.0. The first-order valence-electron chi connectivity index (χ1n) is 9.33. The highest BCUT2D eigenvalue weighted by Crippen LogP contribution is 2.35. The van der Waals surface area contributed by atoms with Crippen LogP contribution in [0.15, 0.2) is 59.5 Å². The van der Waals surface area contributed by atoms with Gasteiger partial charge < -0.3 is 9.47 Å². The van der Waals surface area contributed by atoms with Crippen LogP contribution in [0.4, 0.5) is 0 Å². The summed E-state index contributed by atoms with van der Waals surface area (Å²) < 4.78 is 12.2. The molecule has 0 aliphatic carbocycles. The summed E-state index contributed by atoms with van der Waals surface area (Å²) in [7, 11) is 0. The first kappa shape index (κ1) is 19.2. The number of hydrogen-bond acceptors (Lipinski definition) is 5. The van der Waals surface area contributed by atoms with Crippen molar-refractivity contribution in [2.45, 2.75) is 25.6 Å². The van der Waals surface area contributed by atoms with Gasteiger partial charge in [0.15, 0.2) is 0 Å². The quantitative estimate of drug-likeness (QED) is 0.511. The van der Waals surface area contributed by atoms with E-state index in [4.69, 9.17) is 21.7 Å². The maximum absolute atomic E-state index is 12.9. The summed E-state index contributed by atoms with van der Waals surface area (Å²) in [5.74, 6) is 0.694. The molecule has 0 bridgehead atoms. The summed E-state index contributed by atoms with van der Waals surface area (Å²) >= 11 is 6.77. The molecule has 2 aromatic carbocycles. The number of benzene rings is 2. The number of para-hydroxylation sites is 1. The molecule has 4 rings (SSSR count). The van der Waals surface area contributed by atoms with Crippen molar-refractivity contribution in [1.29, 1.82) is 0 Å². The van der Waals surface area contributed by atoms with Crippen molar-refractivity contribution in [2.75, 3.05) is 13.2 Å². The molecule has 4 nitrogen and oxygen atoms in total. The molecule has 2 aliphatic heterocycles. The number of hydrogen-bond donors (Lipinski definition) is 0. The highest BCUT2D eigenvalue weighted by Gasteiger charge is 2.34. The van der Waals surface area contributed by atoms with Gasteiger partial charge in [0.1, 0.15) is 16.7 Å². The lowest BCUT2D eigenvalue weighted by molar-refractivity contribution is -0.123. The number of thioether (sulfide) groups is 1. The van der Waals surface area contributed by atoms with Gasteiger partial charge in [0.25, 0.3) is 5.91 Å². The molecule has 0 spiro atoms. The van der Waals surface area contributed by atoms with Crippen LogP contribution < -0.4 is 4.74 Å². The fourth-order valence-corrected chi connectivity index (χ4v) is 4.52. The Labute approximate surface area is 174 Å². The number of amides is 1. The molecule has 1 atom stereocenters. The fraction of sp³-hybridized carbons (Fsp3) is 0.273. The van der Waals surface area contributed by atoms with E-state index >= 15 is 0 Å². The van der Waals surface area contributed by atoms with Crippen molar-refractivity contribution >= 4 is 40.3 Å². The summed E-state index contributed by atoms with van der Waals surface area (Å²) in [6.45, 7) is 1.78. The van der Waals surface area contributed by atoms with Gasteiger partial charge in [-0.2, -0.15) is 0 Å². The van der Waals surface area contributed by atoms with E-state index in [0.717, 1.165) is 36.3 Å². The van der Waals surface area contributed by atoms with Crippen LogP contribution in [-0.4, -0.2) is 34.4 Å². The third-order valence-corrected chi connectivity index (χ3v) is 6.10. The molecule has 6 heteroatoms. The number of carbonyl (C=O) groups is 1. The molecule has 2 heterocycles. The maximum Gasteiger partial charge on any atom is 0.266 e. The summed E-state index contributed by atoms with van der Waals surface area (Å²) in [6, 6.07) is 17.8. The molecule has 0 radical (unpaired) electrons. The number of rotatable bonds is 6. The van der Waals surface area contributed by atoms with E-state index in [1.54, 1.807) is 4.90 Å². The zero-order valence-electron chi connectivity index (χ0n) is 15.4. The predicted octanol–water partition coefficient (Wildman–Crippen LogP) is 4.65. The van der Waals surface area contributed by atoms with E-state index in [9.17, 15) is 4.79 Å². The van der Waals surface area contributed by atoms with Crippen molar-refractivity contribution in [2.24, 2.45) is 0 Å². The van der Waals surface area contributed by atoms with Crippen molar-refractivity contribution in [3.63, 3.8) is 0 Å². The second kappa shape index (κ2) is 8.90. The summed E-state index contributed by atoms with van der Waals surface area (Å²) in [5.41, 5.74) is 1.97. The normalized spacial score (nSPS) is 20.9. The van der Waals surface area contributed by atoms with Crippen LogP contribution in [0, 0.1) is 0 Å². The van der Waals surface area contributed by atoms with E-state index in [1.807, 2.05) is 60.7 Å². The van der Waals surface area contributed by atoms with Crippen molar-refractivity contribution in [1.82, 2.24) is 4.90 Å². The molecular formula is C22H21NO3S2. The molecule has 2 aliphatic rings. The topological polar surface area (TPSA) is 38.8 Å². The van der Waals surface area contributed by atoms with Crippen LogP contribution in [0.3, 0.4) is 0 Å². The minimum absolute atomic E-state index is 0.0524. The van der Waals surface area contributed by atoms with Gasteiger partial charge in [-0.25, -0.2) is 0 Å². The predicted molar refractivity (Wildman–Crippen MR) is 116 cm³/mol. The Hall–Kier alpha value is -2.15. The first-order valence-corrected chi connectivity index (χ1v) is 10.6. The van der Waals surface area contributed by atoms with Crippen LogP contribution in [0.2, 0.25) is 0 Å². The third-order valence-electron chi connectivity index (χ3n) is 4.73. The van der Waals surface area contributed by atoms with E-state index in [-0.39, 0.29) is 12.0 Å². The summed E-state index contributed by atoms with van der Waals surface area (Å²) in [5, 5.41) is 0. The van der Waals surface area contributed by atoms with Crippen LogP contribution >= 0.6 is 24.0 Å². The Kier molecular flexibility index (Phi) is 6.10. The first-order chi connectivity index (χ1) is 13.7. The lowest BCUT2D eigenvalue weighted by atomic mass is 10.1. The third kappa shape index (κ3) is 4.46. The number of nitrogens with zero attached hydrogens (tertiary/aromatic N) is 1. The van der Waals surface area contributed by atoms with Gasteiger partial charge in [-0.05, 0) is 30.5 Å². The van der Waals surface area contributed by atoms with Crippen molar-refractivity contribution < 1.29 is 14.3 Å². The fourth-order valence-electron chi connectivity index (χ4n) is 3.26. The van der Waals surface area contributed by atoms with Crippen LogP contribution in [0.1, 0.15) is 24.0 Å². The minimum Gasteiger partial charge on any atom is -0.488 e. The largest absolute Gasteiger partial charge is 0.488 e. The van der Waals surface area contributed by atoms with Gasteiger partial charge in [0, 0.05) is 12.2 Å². The highest BCUT2D eigenvalue weighted by atomic mass is 32.2. The Morgan fingerprint density at radius 1 is 1.18 bits per heavy atom. The number of thiocarbonyl (C=S) groups is 1.